The molecule has 1 N–H and O–H groups in total. The molecule has 168 valence electrons. The molecule has 3 aromatic carbocycles. The molecule has 0 aliphatic heterocycles. The van der Waals surface area contributed by atoms with Gasteiger partial charge in [0.1, 0.15) is 5.75 Å². The van der Waals surface area contributed by atoms with Crippen molar-refractivity contribution in [1.29, 1.82) is 0 Å². The molecule has 6 nitrogen and oxygen atoms in total. The lowest BCUT2D eigenvalue weighted by atomic mass is 10.2. The van der Waals surface area contributed by atoms with Gasteiger partial charge in [-0.3, -0.25) is 9.10 Å². The monoisotopic (exact) mass is 512 g/mol. The van der Waals surface area contributed by atoms with Crippen LogP contribution in [0.5, 0.6) is 5.75 Å². The number of hydrogen-bond acceptors (Lipinski definition) is 4. The van der Waals surface area contributed by atoms with Crippen molar-refractivity contribution in [3.63, 3.8) is 0 Å². The highest BCUT2D eigenvalue weighted by atomic mass is 35.5. The summed E-state index contributed by atoms with van der Waals surface area (Å²) in [5.74, 6) is -0.0141. The van der Waals surface area contributed by atoms with Gasteiger partial charge in [0.25, 0.3) is 5.91 Å². The van der Waals surface area contributed by atoms with E-state index in [0.29, 0.717) is 27.2 Å². The van der Waals surface area contributed by atoms with Crippen LogP contribution in [0, 0.1) is 0 Å². The summed E-state index contributed by atoms with van der Waals surface area (Å²) >= 11 is 17.9. The Kier molecular flexibility index (Phi) is 7.90. The van der Waals surface area contributed by atoms with Crippen molar-refractivity contribution in [2.75, 3.05) is 22.5 Å². The number of amides is 1. The van der Waals surface area contributed by atoms with E-state index >= 15 is 0 Å². The van der Waals surface area contributed by atoms with Crippen LogP contribution in [0.4, 0.5) is 11.4 Å². The fraction of sp³-hybridized carbons (Fsp3) is 0.136. The van der Waals surface area contributed by atoms with Gasteiger partial charge < -0.3 is 10.1 Å². The van der Waals surface area contributed by atoms with Crippen LogP contribution in [0.1, 0.15) is 5.56 Å². The lowest BCUT2D eigenvalue weighted by Crippen LogP contribution is -2.29. The van der Waals surface area contributed by atoms with Crippen molar-refractivity contribution in [1.82, 2.24) is 0 Å². The van der Waals surface area contributed by atoms with Gasteiger partial charge in [0, 0.05) is 5.02 Å². The second-order valence-corrected chi connectivity index (χ2v) is 9.96. The first-order valence-electron chi connectivity index (χ1n) is 9.32. The van der Waals surface area contributed by atoms with E-state index in [4.69, 9.17) is 39.5 Å². The fourth-order valence-electron chi connectivity index (χ4n) is 2.80. The number of carbonyl (C=O) groups is 1. The zero-order valence-electron chi connectivity index (χ0n) is 16.9. The van der Waals surface area contributed by atoms with Crippen molar-refractivity contribution in [3.8, 4) is 5.75 Å². The van der Waals surface area contributed by atoms with Crippen LogP contribution in [-0.2, 0) is 21.4 Å². The lowest BCUT2D eigenvalue weighted by Gasteiger charge is -2.23. The Morgan fingerprint density at radius 2 is 1.62 bits per heavy atom. The normalized spacial score (nSPS) is 11.1. The molecular weight excluding hydrogens is 495 g/mol. The van der Waals surface area contributed by atoms with Crippen molar-refractivity contribution in [2.45, 2.75) is 6.54 Å². The molecule has 0 saturated heterocycles. The van der Waals surface area contributed by atoms with Gasteiger partial charge in [0.2, 0.25) is 10.0 Å². The van der Waals surface area contributed by atoms with Gasteiger partial charge in [0.15, 0.2) is 6.61 Å². The number of ether oxygens (including phenoxy) is 1. The number of sulfonamides is 1. The maximum absolute atomic E-state index is 12.3. The van der Waals surface area contributed by atoms with Crippen molar-refractivity contribution < 1.29 is 17.9 Å². The molecule has 0 radical (unpaired) electrons. The van der Waals surface area contributed by atoms with Gasteiger partial charge in [-0.2, -0.15) is 0 Å². The van der Waals surface area contributed by atoms with Crippen LogP contribution >= 0.6 is 34.8 Å². The molecule has 0 fully saturated rings. The van der Waals surface area contributed by atoms with Crippen LogP contribution < -0.4 is 14.4 Å². The van der Waals surface area contributed by atoms with Gasteiger partial charge in [-0.15, -0.1) is 0 Å². The Hall–Kier alpha value is -2.45. The van der Waals surface area contributed by atoms with E-state index in [0.717, 1.165) is 11.8 Å². The van der Waals surface area contributed by atoms with Gasteiger partial charge in [-0.25, -0.2) is 8.42 Å². The molecule has 0 aromatic heterocycles. The number of nitrogens with zero attached hydrogens (tertiary/aromatic N) is 1. The molecule has 1 amide bonds. The molecule has 0 spiro atoms. The molecule has 0 saturated carbocycles. The highest BCUT2D eigenvalue weighted by Gasteiger charge is 2.18. The third-order valence-corrected chi connectivity index (χ3v) is 6.57. The number of benzene rings is 3. The minimum Gasteiger partial charge on any atom is -0.484 e. The van der Waals surface area contributed by atoms with Crippen LogP contribution in [0.3, 0.4) is 0 Å². The highest BCUT2D eigenvalue weighted by molar-refractivity contribution is 7.92. The topological polar surface area (TPSA) is 75.7 Å². The molecule has 3 rings (SSSR count). The average molecular weight is 514 g/mol. The Labute approximate surface area is 201 Å². The maximum atomic E-state index is 12.3. The number of rotatable bonds is 8. The van der Waals surface area contributed by atoms with Gasteiger partial charge in [-0.1, -0.05) is 53.0 Å². The molecule has 10 heteroatoms. The summed E-state index contributed by atoms with van der Waals surface area (Å²) in [6.07, 6.45) is 1.14. The number of anilines is 2. The molecule has 0 bridgehead atoms. The minimum atomic E-state index is -3.53. The van der Waals surface area contributed by atoms with E-state index in [1.54, 1.807) is 66.7 Å². The van der Waals surface area contributed by atoms with Gasteiger partial charge >= 0.3 is 0 Å². The molecular formula is C22H19Cl3N2O4S. The summed E-state index contributed by atoms with van der Waals surface area (Å²) in [4.78, 5) is 12.1. The van der Waals surface area contributed by atoms with E-state index in [-0.39, 0.29) is 18.2 Å². The van der Waals surface area contributed by atoms with Crippen molar-refractivity contribution in [3.05, 3.63) is 87.4 Å². The predicted octanol–water partition coefficient (Wildman–Crippen LogP) is 5.63. The first kappa shape index (κ1) is 24.2. The third-order valence-electron chi connectivity index (χ3n) is 4.36. The molecule has 0 heterocycles. The Morgan fingerprint density at radius 3 is 2.25 bits per heavy atom. The summed E-state index contributed by atoms with van der Waals surface area (Å²) in [6.45, 7) is -0.109. The van der Waals surface area contributed by atoms with E-state index in [1.165, 1.54) is 4.31 Å². The molecule has 0 unspecified atom stereocenters. The van der Waals surface area contributed by atoms with Crippen LogP contribution in [0.2, 0.25) is 15.1 Å². The smallest absolute Gasteiger partial charge is 0.262 e. The predicted molar refractivity (Wildman–Crippen MR) is 130 cm³/mol. The number of hydrogen-bond donors (Lipinski definition) is 1. The number of nitrogens with one attached hydrogen (secondary N) is 1. The first-order valence-corrected chi connectivity index (χ1v) is 12.3. The first-order chi connectivity index (χ1) is 15.1. The maximum Gasteiger partial charge on any atom is 0.262 e. The SMILES string of the molecule is CS(=O)(=O)N(Cc1ccc(Cl)cc1)c1ccc(OCC(=O)Nc2cccc(Cl)c2Cl)cc1. The number of halogens is 3. The summed E-state index contributed by atoms with van der Waals surface area (Å²) in [7, 11) is -3.53. The average Bonchev–Trinajstić information content (AvgIpc) is 2.75. The minimum absolute atomic E-state index is 0.152. The van der Waals surface area contributed by atoms with E-state index in [1.807, 2.05) is 0 Å². The summed E-state index contributed by atoms with van der Waals surface area (Å²) in [5.41, 5.74) is 1.63. The quantitative estimate of drug-likeness (QED) is 0.423. The zero-order chi connectivity index (χ0) is 23.3. The summed E-state index contributed by atoms with van der Waals surface area (Å²) in [5, 5.41) is 3.77. The second kappa shape index (κ2) is 10.4. The zero-order valence-corrected chi connectivity index (χ0v) is 20.0. The number of carbonyl (C=O) groups excluding carboxylic acids is 1. The molecule has 3 aromatic rings. The van der Waals surface area contributed by atoms with Crippen molar-refractivity contribution in [2.24, 2.45) is 0 Å². The lowest BCUT2D eigenvalue weighted by molar-refractivity contribution is -0.118. The summed E-state index contributed by atoms with van der Waals surface area (Å²) in [6, 6.07) is 18.3. The van der Waals surface area contributed by atoms with Gasteiger partial charge in [0.05, 0.1) is 34.2 Å². The largest absolute Gasteiger partial charge is 0.484 e. The molecule has 0 aliphatic carbocycles. The molecule has 0 aliphatic rings. The third kappa shape index (κ3) is 6.53. The van der Waals surface area contributed by atoms with Crippen LogP contribution in [-0.4, -0.2) is 27.2 Å². The van der Waals surface area contributed by atoms with Crippen LogP contribution in [0.15, 0.2) is 66.7 Å². The van der Waals surface area contributed by atoms with Crippen LogP contribution in [0.25, 0.3) is 0 Å². The van der Waals surface area contributed by atoms with E-state index in [2.05, 4.69) is 5.32 Å². The van der Waals surface area contributed by atoms with E-state index < -0.39 is 15.9 Å². The standard InChI is InChI=1S/C22H19Cl3N2O4S/c1-32(29,30)27(13-15-5-7-16(23)8-6-15)17-9-11-18(12-10-17)31-14-21(28)26-20-4-2-3-19(24)22(20)25/h2-12H,13-14H2,1H3,(H,26,28). The Bertz CT molecular complexity index is 1200. The molecule has 0 atom stereocenters. The Balaban J connectivity index is 1.65. The summed E-state index contributed by atoms with van der Waals surface area (Å²) < 4.78 is 31.4. The van der Waals surface area contributed by atoms with Gasteiger partial charge in [-0.05, 0) is 54.1 Å². The fourth-order valence-corrected chi connectivity index (χ4v) is 4.16. The molecule has 32 heavy (non-hydrogen) atoms. The van der Waals surface area contributed by atoms with Crippen molar-refractivity contribution >= 4 is 62.1 Å². The van der Waals surface area contributed by atoms with E-state index in [9.17, 15) is 13.2 Å². The second-order valence-electron chi connectivity index (χ2n) is 6.83. The highest BCUT2D eigenvalue weighted by Crippen LogP contribution is 2.29. The Morgan fingerprint density at radius 1 is 0.969 bits per heavy atom.